The van der Waals surface area contributed by atoms with Crippen LogP contribution >= 0.6 is 0 Å². The van der Waals surface area contributed by atoms with Gasteiger partial charge in [-0.25, -0.2) is 0 Å². The zero-order chi connectivity index (χ0) is 12.5. The van der Waals surface area contributed by atoms with Gasteiger partial charge in [0.2, 0.25) is 0 Å². The maximum atomic E-state index is 11.9. The van der Waals surface area contributed by atoms with Crippen molar-refractivity contribution in [1.82, 2.24) is 5.32 Å². The van der Waals surface area contributed by atoms with Crippen molar-refractivity contribution in [2.24, 2.45) is 0 Å². The van der Waals surface area contributed by atoms with E-state index in [2.05, 4.69) is 5.32 Å². The standard InChI is InChI=1S/C13H17NO3/c1-2-9-3-4-10(11(16)7-9)12(17)14-13(8-15)5-6-13/h3-4,7,15-16H,2,5-6,8H2,1H3,(H,14,17). The number of phenols is 1. The van der Waals surface area contributed by atoms with E-state index in [1.54, 1.807) is 12.1 Å². The van der Waals surface area contributed by atoms with Gasteiger partial charge < -0.3 is 15.5 Å². The number of carbonyl (C=O) groups excluding carboxylic acids is 1. The Morgan fingerprint density at radius 1 is 1.47 bits per heavy atom. The van der Waals surface area contributed by atoms with E-state index in [0.29, 0.717) is 0 Å². The lowest BCUT2D eigenvalue weighted by molar-refractivity contribution is 0.0904. The van der Waals surface area contributed by atoms with Crippen LogP contribution in [0.3, 0.4) is 0 Å². The first-order valence-corrected chi connectivity index (χ1v) is 5.85. The van der Waals surface area contributed by atoms with Crippen molar-refractivity contribution < 1.29 is 15.0 Å². The molecule has 0 saturated heterocycles. The number of carbonyl (C=O) groups is 1. The van der Waals surface area contributed by atoms with Crippen LogP contribution in [0.2, 0.25) is 0 Å². The van der Waals surface area contributed by atoms with Crippen molar-refractivity contribution in [1.29, 1.82) is 0 Å². The summed E-state index contributed by atoms with van der Waals surface area (Å²) in [7, 11) is 0. The van der Waals surface area contributed by atoms with Gasteiger partial charge >= 0.3 is 0 Å². The largest absolute Gasteiger partial charge is 0.507 e. The Hall–Kier alpha value is -1.55. The molecule has 0 radical (unpaired) electrons. The summed E-state index contributed by atoms with van der Waals surface area (Å²) in [5, 5.41) is 21.6. The number of phenolic OH excluding ortho intramolecular Hbond substituents is 1. The fraction of sp³-hybridized carbons (Fsp3) is 0.462. The minimum absolute atomic E-state index is 0.00408. The SMILES string of the molecule is CCc1ccc(C(=O)NC2(CO)CC2)c(O)c1. The Balaban J connectivity index is 2.14. The second-order valence-electron chi connectivity index (χ2n) is 4.60. The van der Waals surface area contributed by atoms with Crippen molar-refractivity contribution in [2.75, 3.05) is 6.61 Å². The van der Waals surface area contributed by atoms with E-state index in [-0.39, 0.29) is 23.8 Å². The van der Waals surface area contributed by atoms with Crippen LogP contribution in [0.15, 0.2) is 18.2 Å². The summed E-state index contributed by atoms with van der Waals surface area (Å²) in [4.78, 5) is 11.9. The van der Waals surface area contributed by atoms with E-state index in [1.165, 1.54) is 0 Å². The van der Waals surface area contributed by atoms with Crippen LogP contribution in [0.25, 0.3) is 0 Å². The molecule has 0 aliphatic heterocycles. The Labute approximate surface area is 100 Å². The van der Waals surface area contributed by atoms with E-state index in [0.717, 1.165) is 24.8 Å². The monoisotopic (exact) mass is 235 g/mol. The fourth-order valence-electron chi connectivity index (χ4n) is 1.77. The Morgan fingerprint density at radius 2 is 2.18 bits per heavy atom. The van der Waals surface area contributed by atoms with E-state index in [9.17, 15) is 9.90 Å². The number of benzene rings is 1. The highest BCUT2D eigenvalue weighted by Crippen LogP contribution is 2.35. The number of aromatic hydroxyl groups is 1. The molecule has 0 unspecified atom stereocenters. The number of rotatable bonds is 4. The highest BCUT2D eigenvalue weighted by Gasteiger charge is 2.43. The van der Waals surface area contributed by atoms with Crippen LogP contribution in [-0.4, -0.2) is 28.3 Å². The van der Waals surface area contributed by atoms with Crippen molar-refractivity contribution in [3.63, 3.8) is 0 Å². The minimum atomic E-state index is -0.451. The number of nitrogens with one attached hydrogen (secondary N) is 1. The zero-order valence-corrected chi connectivity index (χ0v) is 9.86. The number of aliphatic hydroxyl groups is 1. The molecule has 2 rings (SSSR count). The molecule has 3 N–H and O–H groups in total. The van der Waals surface area contributed by atoms with Gasteiger partial charge in [-0.15, -0.1) is 0 Å². The average molecular weight is 235 g/mol. The van der Waals surface area contributed by atoms with Crippen LogP contribution < -0.4 is 5.32 Å². The van der Waals surface area contributed by atoms with Gasteiger partial charge in [-0.05, 0) is 37.0 Å². The minimum Gasteiger partial charge on any atom is -0.507 e. The molecule has 1 saturated carbocycles. The third-order valence-electron chi connectivity index (χ3n) is 3.25. The van der Waals surface area contributed by atoms with Gasteiger partial charge in [-0.2, -0.15) is 0 Å². The molecule has 1 aliphatic rings. The van der Waals surface area contributed by atoms with Crippen LogP contribution in [0, 0.1) is 0 Å². The van der Waals surface area contributed by atoms with Gasteiger partial charge in [0.05, 0.1) is 17.7 Å². The third-order valence-corrected chi connectivity index (χ3v) is 3.25. The van der Waals surface area contributed by atoms with Crippen molar-refractivity contribution >= 4 is 5.91 Å². The molecule has 4 heteroatoms. The topological polar surface area (TPSA) is 69.6 Å². The number of hydrogen-bond donors (Lipinski definition) is 3. The van der Waals surface area contributed by atoms with E-state index in [1.807, 2.05) is 13.0 Å². The molecule has 1 fully saturated rings. The van der Waals surface area contributed by atoms with Crippen LogP contribution in [0.5, 0.6) is 5.75 Å². The lowest BCUT2D eigenvalue weighted by Gasteiger charge is -2.15. The molecule has 92 valence electrons. The van der Waals surface area contributed by atoms with E-state index in [4.69, 9.17) is 5.11 Å². The molecule has 0 atom stereocenters. The molecule has 0 aromatic heterocycles. The second-order valence-corrected chi connectivity index (χ2v) is 4.60. The maximum absolute atomic E-state index is 11.9. The van der Waals surface area contributed by atoms with E-state index < -0.39 is 5.54 Å². The highest BCUT2D eigenvalue weighted by atomic mass is 16.3. The van der Waals surface area contributed by atoms with Gasteiger partial charge in [-0.1, -0.05) is 13.0 Å². The van der Waals surface area contributed by atoms with Crippen LogP contribution in [-0.2, 0) is 6.42 Å². The molecule has 17 heavy (non-hydrogen) atoms. The van der Waals surface area contributed by atoms with Gasteiger partial charge in [0.1, 0.15) is 5.75 Å². The summed E-state index contributed by atoms with van der Waals surface area (Å²) in [5.41, 5.74) is 0.803. The smallest absolute Gasteiger partial charge is 0.255 e. The third kappa shape index (κ3) is 2.42. The molecule has 1 amide bonds. The summed E-state index contributed by atoms with van der Waals surface area (Å²) in [6.07, 6.45) is 2.40. The predicted molar refractivity (Wildman–Crippen MR) is 64.0 cm³/mol. The normalized spacial score (nSPS) is 16.6. The first-order valence-electron chi connectivity index (χ1n) is 5.85. The van der Waals surface area contributed by atoms with Gasteiger partial charge in [0.15, 0.2) is 0 Å². The van der Waals surface area contributed by atoms with Crippen molar-refractivity contribution in [2.45, 2.75) is 31.7 Å². The molecule has 0 bridgehead atoms. The van der Waals surface area contributed by atoms with Gasteiger partial charge in [0, 0.05) is 0 Å². The van der Waals surface area contributed by atoms with E-state index >= 15 is 0 Å². The molecule has 0 spiro atoms. The van der Waals surface area contributed by atoms with Crippen molar-refractivity contribution in [3.8, 4) is 5.75 Å². The summed E-state index contributed by atoms with van der Waals surface area (Å²) < 4.78 is 0. The average Bonchev–Trinajstić information content (AvgIpc) is 3.09. The Kier molecular flexibility index (Phi) is 3.07. The summed E-state index contributed by atoms with van der Waals surface area (Å²) in [6.45, 7) is 1.94. The molecular formula is C13H17NO3. The second kappa shape index (κ2) is 4.37. The molecule has 1 aromatic rings. The Bertz CT molecular complexity index is 438. The lowest BCUT2D eigenvalue weighted by atomic mass is 10.1. The molecule has 0 heterocycles. The predicted octanol–water partition coefficient (Wildman–Crippen LogP) is 1.21. The lowest BCUT2D eigenvalue weighted by Crippen LogP contribution is -2.39. The summed E-state index contributed by atoms with van der Waals surface area (Å²) in [6, 6.07) is 5.05. The first-order chi connectivity index (χ1) is 8.10. The molecule has 1 aromatic carbocycles. The maximum Gasteiger partial charge on any atom is 0.255 e. The number of aryl methyl sites for hydroxylation is 1. The zero-order valence-electron chi connectivity index (χ0n) is 9.86. The van der Waals surface area contributed by atoms with Crippen molar-refractivity contribution in [3.05, 3.63) is 29.3 Å². The number of hydrogen-bond acceptors (Lipinski definition) is 3. The molecule has 4 nitrogen and oxygen atoms in total. The van der Waals surface area contributed by atoms with Crippen LogP contribution in [0.4, 0.5) is 0 Å². The molecule has 1 aliphatic carbocycles. The first kappa shape index (κ1) is 11.9. The highest BCUT2D eigenvalue weighted by molar-refractivity contribution is 5.97. The van der Waals surface area contributed by atoms with Gasteiger partial charge in [0.25, 0.3) is 5.91 Å². The number of amides is 1. The molecular weight excluding hydrogens is 218 g/mol. The fourth-order valence-corrected chi connectivity index (χ4v) is 1.77. The summed E-state index contributed by atoms with van der Waals surface area (Å²) in [5.74, 6) is -0.327. The quantitative estimate of drug-likeness (QED) is 0.734. The van der Waals surface area contributed by atoms with Crippen LogP contribution in [0.1, 0.15) is 35.7 Å². The Morgan fingerprint density at radius 3 is 2.65 bits per heavy atom. The number of aliphatic hydroxyl groups excluding tert-OH is 1. The van der Waals surface area contributed by atoms with Gasteiger partial charge in [-0.3, -0.25) is 4.79 Å². The summed E-state index contributed by atoms with van der Waals surface area (Å²) >= 11 is 0.